The minimum absolute atomic E-state index is 0.165. The molecular weight excluding hydrogens is 346 g/mol. The predicted molar refractivity (Wildman–Crippen MR) is 102 cm³/mol. The number of benzene rings is 2. The van der Waals surface area contributed by atoms with Crippen molar-refractivity contribution in [2.45, 2.75) is 13.8 Å². The molecule has 6 heteroatoms. The van der Waals surface area contributed by atoms with Gasteiger partial charge in [-0.15, -0.1) is 0 Å². The maximum absolute atomic E-state index is 5.70. The number of oxazole rings is 1. The van der Waals surface area contributed by atoms with Gasteiger partial charge in [-0.3, -0.25) is 0 Å². The number of rotatable bonds is 9. The lowest BCUT2D eigenvalue weighted by molar-refractivity contribution is 0.0515. The quantitative estimate of drug-likeness (QED) is 0.506. The zero-order chi connectivity index (χ0) is 19.1. The van der Waals surface area contributed by atoms with E-state index in [0.717, 1.165) is 11.1 Å². The van der Waals surface area contributed by atoms with Crippen molar-refractivity contribution in [1.29, 1.82) is 0 Å². The molecule has 0 unspecified atom stereocenters. The Labute approximate surface area is 158 Å². The van der Waals surface area contributed by atoms with Crippen LogP contribution in [0.5, 0.6) is 17.2 Å². The summed E-state index contributed by atoms with van der Waals surface area (Å²) in [5.74, 6) is 2.55. The lowest BCUT2D eigenvalue weighted by Gasteiger charge is -2.11. The van der Waals surface area contributed by atoms with E-state index in [1.165, 1.54) is 0 Å². The molecule has 0 aliphatic rings. The minimum Gasteiger partial charge on any atom is -0.490 e. The molecule has 0 aliphatic carbocycles. The Hall–Kier alpha value is -2.99. The molecule has 0 saturated carbocycles. The first-order valence-electron chi connectivity index (χ1n) is 8.83. The zero-order valence-corrected chi connectivity index (χ0v) is 15.7. The van der Waals surface area contributed by atoms with Crippen LogP contribution in [-0.2, 0) is 4.74 Å². The smallest absolute Gasteiger partial charge is 0.226 e. The first-order valence-corrected chi connectivity index (χ1v) is 8.83. The molecule has 6 nitrogen and oxygen atoms in total. The topological polar surface area (TPSA) is 63.0 Å². The number of para-hydroxylation sites is 1. The molecular formula is C21H23NO5. The van der Waals surface area contributed by atoms with Gasteiger partial charge in [-0.25, -0.2) is 4.98 Å². The van der Waals surface area contributed by atoms with Crippen molar-refractivity contribution in [3.05, 3.63) is 48.7 Å². The Morgan fingerprint density at radius 2 is 1.67 bits per heavy atom. The summed E-state index contributed by atoms with van der Waals surface area (Å²) >= 11 is 0. The number of hydrogen-bond acceptors (Lipinski definition) is 6. The average Bonchev–Trinajstić information content (AvgIpc) is 3.18. The Balaban J connectivity index is 1.91. The maximum Gasteiger partial charge on any atom is 0.226 e. The molecule has 0 N–H and O–H groups in total. The van der Waals surface area contributed by atoms with Gasteiger partial charge in [0.25, 0.3) is 0 Å². The molecule has 0 radical (unpaired) electrons. The molecule has 0 amide bonds. The van der Waals surface area contributed by atoms with E-state index < -0.39 is 0 Å². The molecule has 27 heavy (non-hydrogen) atoms. The van der Waals surface area contributed by atoms with Crippen LogP contribution in [0.25, 0.3) is 22.7 Å². The van der Waals surface area contributed by atoms with Crippen LogP contribution in [-0.4, -0.2) is 32.1 Å². The van der Waals surface area contributed by atoms with Gasteiger partial charge in [0, 0.05) is 18.2 Å². The summed E-state index contributed by atoms with van der Waals surface area (Å²) in [6.07, 6.45) is 1.61. The van der Waals surface area contributed by atoms with Crippen molar-refractivity contribution >= 4 is 0 Å². The third-order valence-corrected chi connectivity index (χ3v) is 3.79. The minimum atomic E-state index is 0.165. The van der Waals surface area contributed by atoms with Crippen LogP contribution in [0.15, 0.2) is 53.1 Å². The average molecular weight is 369 g/mol. The van der Waals surface area contributed by atoms with E-state index in [9.17, 15) is 0 Å². The van der Waals surface area contributed by atoms with Crippen LogP contribution in [0.2, 0.25) is 0 Å². The second-order valence-corrected chi connectivity index (χ2v) is 5.61. The highest BCUT2D eigenvalue weighted by molar-refractivity contribution is 5.69. The third-order valence-electron chi connectivity index (χ3n) is 3.79. The molecule has 3 rings (SSSR count). The first kappa shape index (κ1) is 18.8. The highest BCUT2D eigenvalue weighted by atomic mass is 16.7. The SMILES string of the molecule is CCOc1ccc(-c2nc(-c3ccccc3OCOC)co2)cc1OCC. The summed E-state index contributed by atoms with van der Waals surface area (Å²) in [5, 5.41) is 0. The van der Waals surface area contributed by atoms with Crippen LogP contribution in [0, 0.1) is 0 Å². The molecule has 3 aromatic rings. The Morgan fingerprint density at radius 3 is 2.44 bits per heavy atom. The van der Waals surface area contributed by atoms with Crippen LogP contribution < -0.4 is 14.2 Å². The summed E-state index contributed by atoms with van der Waals surface area (Å²) in [6.45, 7) is 5.15. The van der Waals surface area contributed by atoms with Crippen LogP contribution in [0.3, 0.4) is 0 Å². The second-order valence-electron chi connectivity index (χ2n) is 5.61. The summed E-state index contributed by atoms with van der Waals surface area (Å²) in [4.78, 5) is 4.61. The van der Waals surface area contributed by atoms with Gasteiger partial charge in [-0.05, 0) is 44.2 Å². The lowest BCUT2D eigenvalue weighted by Crippen LogP contribution is -2.00. The molecule has 0 bridgehead atoms. The summed E-state index contributed by atoms with van der Waals surface area (Å²) in [5.41, 5.74) is 2.33. The van der Waals surface area contributed by atoms with Gasteiger partial charge in [-0.2, -0.15) is 0 Å². The normalized spacial score (nSPS) is 10.6. The van der Waals surface area contributed by atoms with Gasteiger partial charge in [0.15, 0.2) is 18.3 Å². The fraction of sp³-hybridized carbons (Fsp3) is 0.286. The number of nitrogens with zero attached hydrogens (tertiary/aromatic N) is 1. The summed E-state index contributed by atoms with van der Waals surface area (Å²) < 4.78 is 27.6. The molecule has 2 aromatic carbocycles. The maximum atomic E-state index is 5.70. The van der Waals surface area contributed by atoms with E-state index in [-0.39, 0.29) is 6.79 Å². The molecule has 0 aliphatic heterocycles. The van der Waals surface area contributed by atoms with E-state index in [4.69, 9.17) is 23.4 Å². The van der Waals surface area contributed by atoms with Crippen molar-refractivity contribution in [2.75, 3.05) is 27.1 Å². The summed E-state index contributed by atoms with van der Waals surface area (Å²) in [7, 11) is 1.58. The van der Waals surface area contributed by atoms with E-state index in [0.29, 0.717) is 42.0 Å². The van der Waals surface area contributed by atoms with Crippen molar-refractivity contribution in [3.63, 3.8) is 0 Å². The van der Waals surface area contributed by atoms with Gasteiger partial charge in [-0.1, -0.05) is 12.1 Å². The van der Waals surface area contributed by atoms with Crippen molar-refractivity contribution in [1.82, 2.24) is 4.98 Å². The van der Waals surface area contributed by atoms with E-state index >= 15 is 0 Å². The number of hydrogen-bond donors (Lipinski definition) is 0. The molecule has 0 spiro atoms. The lowest BCUT2D eigenvalue weighted by atomic mass is 10.1. The molecule has 142 valence electrons. The van der Waals surface area contributed by atoms with Gasteiger partial charge >= 0.3 is 0 Å². The van der Waals surface area contributed by atoms with Gasteiger partial charge < -0.3 is 23.4 Å². The van der Waals surface area contributed by atoms with Crippen LogP contribution in [0.4, 0.5) is 0 Å². The molecule has 0 saturated heterocycles. The first-order chi connectivity index (χ1) is 13.3. The van der Waals surface area contributed by atoms with Gasteiger partial charge in [0.2, 0.25) is 5.89 Å². The van der Waals surface area contributed by atoms with Gasteiger partial charge in [0.05, 0.1) is 13.2 Å². The fourth-order valence-electron chi connectivity index (χ4n) is 2.64. The number of ether oxygens (including phenoxy) is 4. The standard InChI is InChI=1S/C21H23NO5/c1-4-24-19-11-10-15(12-20(19)25-5-2)21-22-17(13-26-21)16-8-6-7-9-18(16)27-14-23-3/h6-13H,4-5,14H2,1-3H3. The van der Waals surface area contributed by atoms with Crippen molar-refractivity contribution in [2.24, 2.45) is 0 Å². The summed E-state index contributed by atoms with van der Waals surface area (Å²) in [6, 6.07) is 13.3. The molecule has 1 heterocycles. The zero-order valence-electron chi connectivity index (χ0n) is 15.7. The monoisotopic (exact) mass is 369 g/mol. The Morgan fingerprint density at radius 1 is 0.889 bits per heavy atom. The highest BCUT2D eigenvalue weighted by Gasteiger charge is 2.15. The number of aromatic nitrogens is 1. The van der Waals surface area contributed by atoms with Crippen LogP contribution >= 0.6 is 0 Å². The second kappa shape index (κ2) is 9.09. The van der Waals surface area contributed by atoms with Gasteiger partial charge in [0.1, 0.15) is 17.7 Å². The Kier molecular flexibility index (Phi) is 6.33. The van der Waals surface area contributed by atoms with E-state index in [1.54, 1.807) is 13.4 Å². The highest BCUT2D eigenvalue weighted by Crippen LogP contribution is 2.35. The van der Waals surface area contributed by atoms with E-state index in [1.807, 2.05) is 56.3 Å². The van der Waals surface area contributed by atoms with Crippen molar-refractivity contribution < 1.29 is 23.4 Å². The Bertz CT molecular complexity index is 875. The van der Waals surface area contributed by atoms with E-state index in [2.05, 4.69) is 4.98 Å². The molecule has 0 fully saturated rings. The molecule has 0 atom stereocenters. The predicted octanol–water partition coefficient (Wildman–Crippen LogP) is 4.79. The largest absolute Gasteiger partial charge is 0.490 e. The van der Waals surface area contributed by atoms with Crippen LogP contribution in [0.1, 0.15) is 13.8 Å². The third kappa shape index (κ3) is 4.41. The van der Waals surface area contributed by atoms with Crippen molar-refractivity contribution in [3.8, 4) is 40.0 Å². The fourth-order valence-corrected chi connectivity index (χ4v) is 2.64. The number of methoxy groups -OCH3 is 1. The molecule has 1 aromatic heterocycles.